The molecule has 6 heteroatoms. The second-order valence-corrected chi connectivity index (χ2v) is 6.05. The predicted octanol–water partition coefficient (Wildman–Crippen LogP) is 3.73. The van der Waals surface area contributed by atoms with Crippen LogP contribution in [0.2, 0.25) is 0 Å². The van der Waals surface area contributed by atoms with Gasteiger partial charge in [0.05, 0.1) is 17.6 Å². The summed E-state index contributed by atoms with van der Waals surface area (Å²) in [4.78, 5) is 4.58. The summed E-state index contributed by atoms with van der Waals surface area (Å²) in [6, 6.07) is 15.9. The van der Waals surface area contributed by atoms with Gasteiger partial charge in [-0.15, -0.1) is 0 Å². The number of hydrogen-bond donors (Lipinski definition) is 2. The minimum Gasteiger partial charge on any atom is -0.494 e. The van der Waals surface area contributed by atoms with E-state index in [1.165, 1.54) is 0 Å². The number of para-hydroxylation sites is 2. The lowest BCUT2D eigenvalue weighted by molar-refractivity contribution is 0.340. The van der Waals surface area contributed by atoms with Gasteiger partial charge in [-0.3, -0.25) is 0 Å². The molecule has 3 rings (SSSR count). The second-order valence-electron chi connectivity index (χ2n) is 5.64. The molecule has 0 aliphatic carbocycles. The summed E-state index contributed by atoms with van der Waals surface area (Å²) in [6.07, 6.45) is 0. The molecule has 5 nitrogen and oxygen atoms in total. The van der Waals surface area contributed by atoms with Crippen molar-refractivity contribution in [2.24, 2.45) is 0 Å². The molecule has 0 bridgehead atoms. The molecule has 0 atom stereocenters. The fraction of sp³-hybridized carbons (Fsp3) is 0.263. The Morgan fingerprint density at radius 3 is 2.68 bits per heavy atom. The van der Waals surface area contributed by atoms with Gasteiger partial charge in [-0.25, -0.2) is 4.98 Å². The van der Waals surface area contributed by atoms with Crippen LogP contribution in [0.1, 0.15) is 12.7 Å². The van der Waals surface area contributed by atoms with Crippen molar-refractivity contribution in [1.82, 2.24) is 14.9 Å². The summed E-state index contributed by atoms with van der Waals surface area (Å²) < 4.78 is 7.63. The van der Waals surface area contributed by atoms with Gasteiger partial charge in [0, 0.05) is 18.8 Å². The second kappa shape index (κ2) is 7.98. The first-order chi connectivity index (χ1) is 12.2. The van der Waals surface area contributed by atoms with E-state index in [4.69, 9.17) is 17.0 Å². The number of nitrogens with one attached hydrogen (secondary N) is 2. The third-order valence-electron chi connectivity index (χ3n) is 3.89. The molecule has 0 spiro atoms. The number of thiocarbonyl (C=S) groups is 1. The van der Waals surface area contributed by atoms with Crippen molar-refractivity contribution < 1.29 is 4.74 Å². The number of benzene rings is 2. The average molecular weight is 354 g/mol. The van der Waals surface area contributed by atoms with Crippen LogP contribution in [0.15, 0.2) is 48.5 Å². The van der Waals surface area contributed by atoms with Gasteiger partial charge in [-0.05, 0) is 62.5 Å². The number of anilines is 1. The number of nitrogens with zero attached hydrogens (tertiary/aromatic N) is 2. The van der Waals surface area contributed by atoms with Crippen molar-refractivity contribution in [3.8, 4) is 5.75 Å². The van der Waals surface area contributed by atoms with E-state index in [0.29, 0.717) is 11.7 Å². The maximum absolute atomic E-state index is 5.43. The number of ether oxygens (including phenoxy) is 1. The van der Waals surface area contributed by atoms with E-state index in [9.17, 15) is 0 Å². The minimum atomic E-state index is 0.603. The van der Waals surface area contributed by atoms with E-state index in [-0.39, 0.29) is 0 Å². The molecular weight excluding hydrogens is 332 g/mol. The van der Waals surface area contributed by atoms with Gasteiger partial charge in [0.1, 0.15) is 11.6 Å². The van der Waals surface area contributed by atoms with Crippen LogP contribution in [0.25, 0.3) is 11.0 Å². The Balaban J connectivity index is 1.53. The SMILES string of the molecule is CCOc1ccc(NC(=S)NCCn2c(C)nc3ccccc32)cc1. The van der Waals surface area contributed by atoms with Gasteiger partial charge in [0.2, 0.25) is 0 Å². The molecule has 1 heterocycles. The van der Waals surface area contributed by atoms with Crippen molar-refractivity contribution in [3.63, 3.8) is 0 Å². The van der Waals surface area contributed by atoms with Gasteiger partial charge >= 0.3 is 0 Å². The van der Waals surface area contributed by atoms with Gasteiger partial charge in [0.15, 0.2) is 5.11 Å². The van der Waals surface area contributed by atoms with Crippen molar-refractivity contribution in [1.29, 1.82) is 0 Å². The average Bonchev–Trinajstić information content (AvgIpc) is 2.93. The van der Waals surface area contributed by atoms with Crippen molar-refractivity contribution in [3.05, 3.63) is 54.4 Å². The summed E-state index contributed by atoms with van der Waals surface area (Å²) in [5.41, 5.74) is 3.10. The Hall–Kier alpha value is -2.60. The van der Waals surface area contributed by atoms with Crippen LogP contribution < -0.4 is 15.4 Å². The Morgan fingerprint density at radius 1 is 1.16 bits per heavy atom. The number of rotatable bonds is 6. The third-order valence-corrected chi connectivity index (χ3v) is 4.14. The summed E-state index contributed by atoms with van der Waals surface area (Å²) in [5, 5.41) is 7.03. The highest BCUT2D eigenvalue weighted by Crippen LogP contribution is 2.16. The Kier molecular flexibility index (Phi) is 5.50. The van der Waals surface area contributed by atoms with Gasteiger partial charge < -0.3 is 19.9 Å². The number of hydrogen-bond acceptors (Lipinski definition) is 3. The number of aromatic nitrogens is 2. The third kappa shape index (κ3) is 4.28. The molecule has 0 amide bonds. The molecule has 0 radical (unpaired) electrons. The van der Waals surface area contributed by atoms with Crippen LogP contribution in [-0.2, 0) is 6.54 Å². The van der Waals surface area contributed by atoms with Gasteiger partial charge in [-0.1, -0.05) is 12.1 Å². The van der Waals surface area contributed by atoms with Crippen LogP contribution in [-0.4, -0.2) is 27.8 Å². The lowest BCUT2D eigenvalue weighted by Gasteiger charge is -2.12. The zero-order valence-corrected chi connectivity index (χ0v) is 15.3. The molecule has 25 heavy (non-hydrogen) atoms. The summed E-state index contributed by atoms with van der Waals surface area (Å²) in [5.74, 6) is 1.86. The van der Waals surface area contributed by atoms with E-state index in [0.717, 1.165) is 41.4 Å². The number of imidazole rings is 1. The van der Waals surface area contributed by atoms with Gasteiger partial charge in [0.25, 0.3) is 0 Å². The standard InChI is InChI=1S/C19H22N4OS/c1-3-24-16-10-8-15(9-11-16)22-19(25)20-12-13-23-14(2)21-17-6-4-5-7-18(17)23/h4-11H,3,12-13H2,1-2H3,(H2,20,22,25). The first-order valence-electron chi connectivity index (χ1n) is 8.37. The maximum atomic E-state index is 5.43. The monoisotopic (exact) mass is 354 g/mol. The molecule has 2 aromatic carbocycles. The zero-order chi connectivity index (χ0) is 17.6. The quantitative estimate of drug-likeness (QED) is 0.661. The molecular formula is C19H22N4OS. The molecule has 0 saturated heterocycles. The largest absolute Gasteiger partial charge is 0.494 e. The molecule has 0 unspecified atom stereocenters. The zero-order valence-electron chi connectivity index (χ0n) is 14.5. The lowest BCUT2D eigenvalue weighted by atomic mass is 10.3. The maximum Gasteiger partial charge on any atom is 0.170 e. The Bertz CT molecular complexity index is 857. The highest BCUT2D eigenvalue weighted by molar-refractivity contribution is 7.80. The van der Waals surface area contributed by atoms with Crippen LogP contribution in [0.5, 0.6) is 5.75 Å². The minimum absolute atomic E-state index is 0.603. The molecule has 0 saturated carbocycles. The molecule has 2 N–H and O–H groups in total. The normalized spacial score (nSPS) is 10.6. The topological polar surface area (TPSA) is 51.1 Å². The van der Waals surface area contributed by atoms with Crippen LogP contribution in [0.4, 0.5) is 5.69 Å². The van der Waals surface area contributed by atoms with Crippen molar-refractivity contribution in [2.45, 2.75) is 20.4 Å². The van der Waals surface area contributed by atoms with Crippen LogP contribution in [0, 0.1) is 6.92 Å². The summed E-state index contributed by atoms with van der Waals surface area (Å²) in [6.45, 7) is 6.18. The van der Waals surface area contributed by atoms with Crippen molar-refractivity contribution >= 4 is 34.1 Å². The molecule has 130 valence electrons. The molecule has 0 fully saturated rings. The van der Waals surface area contributed by atoms with Crippen LogP contribution in [0.3, 0.4) is 0 Å². The van der Waals surface area contributed by atoms with E-state index in [1.54, 1.807) is 0 Å². The lowest BCUT2D eigenvalue weighted by Crippen LogP contribution is -2.31. The Labute approximate surface area is 153 Å². The van der Waals surface area contributed by atoms with E-state index >= 15 is 0 Å². The summed E-state index contributed by atoms with van der Waals surface area (Å²) >= 11 is 5.37. The fourth-order valence-electron chi connectivity index (χ4n) is 2.74. The molecule has 0 aliphatic heterocycles. The molecule has 1 aromatic heterocycles. The van der Waals surface area contributed by atoms with Crippen molar-refractivity contribution in [2.75, 3.05) is 18.5 Å². The van der Waals surface area contributed by atoms with E-state index in [2.05, 4.69) is 26.3 Å². The number of fused-ring (bicyclic) bond motifs is 1. The molecule has 3 aromatic rings. The first kappa shape index (κ1) is 17.2. The predicted molar refractivity (Wildman–Crippen MR) is 106 cm³/mol. The Morgan fingerprint density at radius 2 is 1.92 bits per heavy atom. The molecule has 0 aliphatic rings. The fourth-order valence-corrected chi connectivity index (χ4v) is 2.96. The number of aryl methyl sites for hydroxylation is 1. The highest BCUT2D eigenvalue weighted by Gasteiger charge is 2.06. The van der Waals surface area contributed by atoms with E-state index in [1.807, 2.05) is 56.3 Å². The van der Waals surface area contributed by atoms with Gasteiger partial charge in [-0.2, -0.15) is 0 Å². The smallest absolute Gasteiger partial charge is 0.170 e. The van der Waals surface area contributed by atoms with Crippen LogP contribution >= 0.6 is 12.2 Å². The van der Waals surface area contributed by atoms with E-state index < -0.39 is 0 Å². The summed E-state index contributed by atoms with van der Waals surface area (Å²) in [7, 11) is 0. The first-order valence-corrected chi connectivity index (χ1v) is 8.78. The highest BCUT2D eigenvalue weighted by atomic mass is 32.1.